The van der Waals surface area contributed by atoms with Crippen molar-refractivity contribution in [2.24, 2.45) is 5.41 Å². The first-order valence-electron chi connectivity index (χ1n) is 12.9. The van der Waals surface area contributed by atoms with Gasteiger partial charge in [-0.15, -0.1) is 0 Å². The lowest BCUT2D eigenvalue weighted by Crippen LogP contribution is -2.49. The lowest BCUT2D eigenvalue weighted by Gasteiger charge is -2.21. The van der Waals surface area contributed by atoms with Gasteiger partial charge in [-0.05, 0) is 30.0 Å². The van der Waals surface area contributed by atoms with E-state index < -0.39 is 24.0 Å². The van der Waals surface area contributed by atoms with Gasteiger partial charge in [0.05, 0.1) is 25.3 Å². The molecular formula is C28H38N4O8. The summed E-state index contributed by atoms with van der Waals surface area (Å²) in [6.45, 7) is 7.91. The Bertz CT molecular complexity index is 1130. The predicted octanol–water partition coefficient (Wildman–Crippen LogP) is 2.70. The van der Waals surface area contributed by atoms with Crippen molar-refractivity contribution in [3.63, 3.8) is 0 Å². The number of aromatic hydroxyl groups is 1. The molecule has 0 aromatic heterocycles. The SMILES string of the molecule is CCOC(=O)[C@H](CNC(=O)c1ccc(OCCNC(=O)NCc2ccccc2)cc1O)NC(=O)OCC(C)(C)C. The summed E-state index contributed by atoms with van der Waals surface area (Å²) in [6, 6.07) is 12.0. The molecule has 0 saturated heterocycles. The topological polar surface area (TPSA) is 164 Å². The lowest BCUT2D eigenvalue weighted by atomic mass is 9.99. The van der Waals surface area contributed by atoms with Crippen LogP contribution in [0.1, 0.15) is 43.6 Å². The van der Waals surface area contributed by atoms with E-state index in [0.717, 1.165) is 5.56 Å². The number of urea groups is 1. The highest BCUT2D eigenvalue weighted by Gasteiger charge is 2.25. The second-order valence-electron chi connectivity index (χ2n) is 9.92. The number of esters is 1. The summed E-state index contributed by atoms with van der Waals surface area (Å²) in [5, 5.41) is 20.6. The van der Waals surface area contributed by atoms with Crippen LogP contribution in [0.5, 0.6) is 11.5 Å². The Morgan fingerprint density at radius 3 is 2.33 bits per heavy atom. The molecule has 2 rings (SSSR count). The van der Waals surface area contributed by atoms with E-state index in [1.54, 1.807) is 6.92 Å². The molecule has 218 valence electrons. The van der Waals surface area contributed by atoms with Gasteiger partial charge in [-0.1, -0.05) is 51.1 Å². The summed E-state index contributed by atoms with van der Waals surface area (Å²) < 4.78 is 15.6. The summed E-state index contributed by atoms with van der Waals surface area (Å²) in [7, 11) is 0. The maximum Gasteiger partial charge on any atom is 0.407 e. The zero-order chi connectivity index (χ0) is 29.5. The highest BCUT2D eigenvalue weighted by Crippen LogP contribution is 2.23. The standard InChI is InChI=1S/C28H38N4O8/c1-5-38-25(35)22(32-27(37)40-18-28(2,3)4)17-30-24(34)21-12-11-20(15-23(21)33)39-14-13-29-26(36)31-16-19-9-7-6-8-10-19/h6-12,15,22,33H,5,13-14,16-18H2,1-4H3,(H,30,34)(H,32,37)(H2,29,31,36)/t22-/m0/s1. The molecule has 0 spiro atoms. The van der Waals surface area contributed by atoms with E-state index in [2.05, 4.69) is 21.3 Å². The van der Waals surface area contributed by atoms with Crippen LogP contribution in [0.3, 0.4) is 0 Å². The molecule has 0 aliphatic carbocycles. The van der Waals surface area contributed by atoms with Crippen LogP contribution in [0, 0.1) is 5.41 Å². The molecule has 0 bridgehead atoms. The fraction of sp³-hybridized carbons (Fsp3) is 0.429. The number of phenols is 1. The van der Waals surface area contributed by atoms with E-state index in [1.807, 2.05) is 51.1 Å². The Kier molecular flexibility index (Phi) is 12.5. The zero-order valence-corrected chi connectivity index (χ0v) is 23.2. The third-order valence-electron chi connectivity index (χ3n) is 5.13. The Hall–Kier alpha value is -4.48. The number of hydrogen-bond acceptors (Lipinski definition) is 8. The van der Waals surface area contributed by atoms with Crippen LogP contribution < -0.4 is 26.0 Å². The van der Waals surface area contributed by atoms with Crippen LogP contribution in [0.2, 0.25) is 0 Å². The van der Waals surface area contributed by atoms with Gasteiger partial charge in [0, 0.05) is 19.2 Å². The number of carbonyl (C=O) groups is 4. The minimum absolute atomic E-state index is 0.0660. The van der Waals surface area contributed by atoms with Gasteiger partial charge in [-0.3, -0.25) is 4.79 Å². The second-order valence-corrected chi connectivity index (χ2v) is 9.92. The maximum absolute atomic E-state index is 12.6. The number of hydrogen-bond donors (Lipinski definition) is 5. The first-order chi connectivity index (χ1) is 19.0. The molecule has 0 aliphatic heterocycles. The van der Waals surface area contributed by atoms with Gasteiger partial charge in [0.2, 0.25) is 0 Å². The molecule has 0 unspecified atom stereocenters. The van der Waals surface area contributed by atoms with E-state index in [4.69, 9.17) is 14.2 Å². The van der Waals surface area contributed by atoms with E-state index in [9.17, 15) is 24.3 Å². The molecule has 12 nitrogen and oxygen atoms in total. The number of benzene rings is 2. The van der Waals surface area contributed by atoms with Crippen LogP contribution in [0.4, 0.5) is 9.59 Å². The molecular weight excluding hydrogens is 520 g/mol. The van der Waals surface area contributed by atoms with Crippen LogP contribution in [0.25, 0.3) is 0 Å². The van der Waals surface area contributed by atoms with Crippen molar-refractivity contribution in [2.75, 3.05) is 32.9 Å². The third-order valence-corrected chi connectivity index (χ3v) is 5.13. The lowest BCUT2D eigenvalue weighted by molar-refractivity contribution is -0.145. The van der Waals surface area contributed by atoms with Gasteiger partial charge >= 0.3 is 18.1 Å². The molecule has 2 aromatic rings. The fourth-order valence-electron chi connectivity index (χ4n) is 3.16. The Labute approximate surface area is 233 Å². The van der Waals surface area contributed by atoms with Crippen molar-refractivity contribution in [2.45, 2.75) is 40.3 Å². The average molecular weight is 559 g/mol. The van der Waals surface area contributed by atoms with E-state index in [0.29, 0.717) is 6.54 Å². The van der Waals surface area contributed by atoms with E-state index in [-0.39, 0.29) is 61.4 Å². The summed E-state index contributed by atoms with van der Waals surface area (Å²) in [6.07, 6.45) is -0.824. The highest BCUT2D eigenvalue weighted by atomic mass is 16.6. The average Bonchev–Trinajstić information content (AvgIpc) is 2.91. The largest absolute Gasteiger partial charge is 0.507 e. The number of alkyl carbamates (subject to hydrolysis) is 1. The van der Waals surface area contributed by atoms with Crippen molar-refractivity contribution < 1.29 is 38.5 Å². The molecule has 0 fully saturated rings. The molecule has 0 heterocycles. The zero-order valence-electron chi connectivity index (χ0n) is 23.2. The quantitative estimate of drug-likeness (QED) is 0.185. The Morgan fingerprint density at radius 2 is 1.68 bits per heavy atom. The van der Waals surface area contributed by atoms with Crippen LogP contribution >= 0.6 is 0 Å². The number of carbonyl (C=O) groups excluding carboxylic acids is 4. The molecule has 5 N–H and O–H groups in total. The van der Waals surface area contributed by atoms with Gasteiger partial charge in [0.15, 0.2) is 0 Å². The van der Waals surface area contributed by atoms with E-state index in [1.165, 1.54) is 18.2 Å². The van der Waals surface area contributed by atoms with Crippen LogP contribution in [-0.2, 0) is 20.8 Å². The van der Waals surface area contributed by atoms with Gasteiger partial charge < -0.3 is 40.6 Å². The van der Waals surface area contributed by atoms with Crippen molar-refractivity contribution in [1.82, 2.24) is 21.3 Å². The number of phenolic OH excluding ortho intramolecular Hbond substituents is 1. The fourth-order valence-corrected chi connectivity index (χ4v) is 3.16. The van der Waals surface area contributed by atoms with Crippen LogP contribution in [-0.4, -0.2) is 68.1 Å². The molecule has 12 heteroatoms. The number of nitrogens with one attached hydrogen (secondary N) is 4. The normalized spacial score (nSPS) is 11.5. The summed E-state index contributed by atoms with van der Waals surface area (Å²) in [4.78, 5) is 48.9. The van der Waals surface area contributed by atoms with Crippen molar-refractivity contribution in [3.8, 4) is 11.5 Å². The van der Waals surface area contributed by atoms with Crippen molar-refractivity contribution in [1.29, 1.82) is 0 Å². The molecule has 1 atom stereocenters. The monoisotopic (exact) mass is 558 g/mol. The minimum atomic E-state index is -1.20. The summed E-state index contributed by atoms with van der Waals surface area (Å²) >= 11 is 0. The van der Waals surface area contributed by atoms with Gasteiger partial charge in [0.25, 0.3) is 5.91 Å². The Morgan fingerprint density at radius 1 is 0.950 bits per heavy atom. The molecule has 0 saturated carbocycles. The van der Waals surface area contributed by atoms with Crippen molar-refractivity contribution >= 4 is 24.0 Å². The Balaban J connectivity index is 1.81. The van der Waals surface area contributed by atoms with Gasteiger partial charge in [-0.25, -0.2) is 14.4 Å². The predicted molar refractivity (Wildman–Crippen MR) is 147 cm³/mol. The molecule has 4 amide bonds. The molecule has 0 radical (unpaired) electrons. The van der Waals surface area contributed by atoms with Gasteiger partial charge in [-0.2, -0.15) is 0 Å². The van der Waals surface area contributed by atoms with Crippen LogP contribution in [0.15, 0.2) is 48.5 Å². The first-order valence-corrected chi connectivity index (χ1v) is 12.9. The minimum Gasteiger partial charge on any atom is -0.507 e. The second kappa shape index (κ2) is 15.8. The third kappa shape index (κ3) is 11.9. The van der Waals surface area contributed by atoms with E-state index >= 15 is 0 Å². The molecule has 2 aromatic carbocycles. The first kappa shape index (κ1) is 31.7. The number of ether oxygens (including phenoxy) is 3. The number of rotatable bonds is 13. The maximum atomic E-state index is 12.6. The molecule has 40 heavy (non-hydrogen) atoms. The molecule has 0 aliphatic rings. The number of amides is 4. The summed E-state index contributed by atoms with van der Waals surface area (Å²) in [5.41, 5.74) is 0.634. The summed E-state index contributed by atoms with van der Waals surface area (Å²) in [5.74, 6) is -1.49. The van der Waals surface area contributed by atoms with Gasteiger partial charge in [0.1, 0.15) is 24.1 Å². The van der Waals surface area contributed by atoms with Crippen molar-refractivity contribution in [3.05, 3.63) is 59.7 Å². The smallest absolute Gasteiger partial charge is 0.407 e. The highest BCUT2D eigenvalue weighted by molar-refractivity contribution is 5.97.